The molecular formula is C10H12N6. The SMILES string of the molecule is NNc1ncnc(Nc2ccccc2)c1N. The molecule has 0 spiro atoms. The average molecular weight is 216 g/mol. The zero-order valence-electron chi connectivity index (χ0n) is 8.51. The van der Waals surface area contributed by atoms with Crippen LogP contribution in [0.1, 0.15) is 0 Å². The minimum Gasteiger partial charge on any atom is -0.393 e. The molecule has 0 unspecified atom stereocenters. The van der Waals surface area contributed by atoms with E-state index in [2.05, 4.69) is 20.7 Å². The molecule has 6 nitrogen and oxygen atoms in total. The molecule has 1 aromatic carbocycles. The van der Waals surface area contributed by atoms with Gasteiger partial charge in [-0.1, -0.05) is 18.2 Å². The van der Waals surface area contributed by atoms with Crippen molar-refractivity contribution in [3.63, 3.8) is 0 Å². The van der Waals surface area contributed by atoms with E-state index in [1.807, 2.05) is 30.3 Å². The van der Waals surface area contributed by atoms with E-state index in [9.17, 15) is 0 Å². The average Bonchev–Trinajstić information content (AvgIpc) is 2.33. The molecule has 82 valence electrons. The first-order valence-electron chi connectivity index (χ1n) is 4.70. The van der Waals surface area contributed by atoms with Crippen molar-refractivity contribution in [2.45, 2.75) is 0 Å². The fourth-order valence-electron chi connectivity index (χ4n) is 1.27. The predicted molar refractivity (Wildman–Crippen MR) is 64.0 cm³/mol. The van der Waals surface area contributed by atoms with Gasteiger partial charge in [-0.15, -0.1) is 0 Å². The third-order valence-corrected chi connectivity index (χ3v) is 2.06. The summed E-state index contributed by atoms with van der Waals surface area (Å²) >= 11 is 0. The van der Waals surface area contributed by atoms with Crippen LogP contribution in [0.2, 0.25) is 0 Å². The highest BCUT2D eigenvalue weighted by Crippen LogP contribution is 2.24. The number of hydrazine groups is 1. The number of benzene rings is 1. The minimum atomic E-state index is 0.383. The van der Waals surface area contributed by atoms with Gasteiger partial charge in [0.15, 0.2) is 11.6 Å². The molecule has 0 aliphatic carbocycles. The number of rotatable bonds is 3. The second-order valence-electron chi connectivity index (χ2n) is 3.12. The Bertz CT molecular complexity index is 470. The van der Waals surface area contributed by atoms with E-state index in [1.165, 1.54) is 6.33 Å². The molecule has 16 heavy (non-hydrogen) atoms. The molecule has 1 heterocycles. The topological polar surface area (TPSA) is 102 Å². The Morgan fingerprint density at radius 3 is 2.38 bits per heavy atom. The molecule has 0 aliphatic rings. The van der Waals surface area contributed by atoms with Crippen molar-refractivity contribution < 1.29 is 0 Å². The quantitative estimate of drug-likeness (QED) is 0.452. The number of hydrogen-bond acceptors (Lipinski definition) is 6. The second kappa shape index (κ2) is 4.45. The molecule has 0 bridgehead atoms. The predicted octanol–water partition coefficient (Wildman–Crippen LogP) is 1.09. The van der Waals surface area contributed by atoms with Gasteiger partial charge in [-0.2, -0.15) is 0 Å². The van der Waals surface area contributed by atoms with Crippen LogP contribution in [0.5, 0.6) is 0 Å². The van der Waals surface area contributed by atoms with Gasteiger partial charge < -0.3 is 16.5 Å². The first kappa shape index (κ1) is 10.2. The molecule has 2 aromatic rings. The van der Waals surface area contributed by atoms with Gasteiger partial charge in [0.1, 0.15) is 12.0 Å². The first-order chi connectivity index (χ1) is 7.81. The lowest BCUT2D eigenvalue weighted by Crippen LogP contribution is -2.12. The van der Waals surface area contributed by atoms with E-state index in [4.69, 9.17) is 11.6 Å². The fraction of sp³-hybridized carbons (Fsp3) is 0. The Hall–Kier alpha value is -2.34. The van der Waals surface area contributed by atoms with E-state index in [0.29, 0.717) is 17.3 Å². The number of nitrogens with two attached hydrogens (primary N) is 2. The lowest BCUT2D eigenvalue weighted by Gasteiger charge is -2.10. The molecule has 0 saturated heterocycles. The molecule has 0 radical (unpaired) electrons. The zero-order valence-corrected chi connectivity index (χ0v) is 8.51. The standard InChI is InChI=1S/C10H12N6/c11-8-9(13-6-14-10(8)16-12)15-7-4-2-1-3-5-7/h1-6H,11-12H2,(H2,13,14,15,16). The summed E-state index contributed by atoms with van der Waals surface area (Å²) in [4.78, 5) is 7.93. The van der Waals surface area contributed by atoms with Gasteiger partial charge in [0.05, 0.1) is 0 Å². The summed E-state index contributed by atoms with van der Waals surface area (Å²) in [7, 11) is 0. The van der Waals surface area contributed by atoms with Gasteiger partial charge in [0.25, 0.3) is 0 Å². The van der Waals surface area contributed by atoms with Gasteiger partial charge in [-0.05, 0) is 12.1 Å². The lowest BCUT2D eigenvalue weighted by molar-refractivity contribution is 1.14. The Kier molecular flexibility index (Phi) is 2.84. The van der Waals surface area contributed by atoms with Crippen LogP contribution < -0.4 is 22.3 Å². The van der Waals surface area contributed by atoms with Crippen LogP contribution in [0.3, 0.4) is 0 Å². The summed E-state index contributed by atoms with van der Waals surface area (Å²) in [5.41, 5.74) is 9.50. The third-order valence-electron chi connectivity index (χ3n) is 2.06. The van der Waals surface area contributed by atoms with Crippen LogP contribution in [-0.4, -0.2) is 9.97 Å². The monoisotopic (exact) mass is 216 g/mol. The van der Waals surface area contributed by atoms with E-state index in [1.54, 1.807) is 0 Å². The molecule has 0 saturated carbocycles. The van der Waals surface area contributed by atoms with Crippen molar-refractivity contribution in [2.24, 2.45) is 5.84 Å². The van der Waals surface area contributed by atoms with Crippen LogP contribution in [-0.2, 0) is 0 Å². The Balaban J connectivity index is 2.28. The van der Waals surface area contributed by atoms with Gasteiger partial charge in [0, 0.05) is 5.69 Å². The summed E-state index contributed by atoms with van der Waals surface area (Å²) < 4.78 is 0. The van der Waals surface area contributed by atoms with Crippen LogP contribution in [0.25, 0.3) is 0 Å². The van der Waals surface area contributed by atoms with Crippen molar-refractivity contribution in [2.75, 3.05) is 16.5 Å². The molecule has 2 rings (SSSR count). The van der Waals surface area contributed by atoms with Crippen LogP contribution in [0.15, 0.2) is 36.7 Å². The zero-order chi connectivity index (χ0) is 11.4. The maximum absolute atomic E-state index is 5.81. The molecule has 6 heteroatoms. The minimum absolute atomic E-state index is 0.383. The van der Waals surface area contributed by atoms with Gasteiger partial charge in [-0.25, -0.2) is 15.8 Å². The molecule has 0 atom stereocenters. The van der Waals surface area contributed by atoms with Gasteiger partial charge >= 0.3 is 0 Å². The summed E-state index contributed by atoms with van der Waals surface area (Å²) in [6.45, 7) is 0. The number of nitrogens with one attached hydrogen (secondary N) is 2. The van der Waals surface area contributed by atoms with Crippen molar-refractivity contribution in [1.82, 2.24) is 9.97 Å². The maximum Gasteiger partial charge on any atom is 0.168 e. The van der Waals surface area contributed by atoms with Crippen molar-refractivity contribution in [1.29, 1.82) is 0 Å². The number of anilines is 4. The summed E-state index contributed by atoms with van der Waals surface area (Å²) in [6.07, 6.45) is 1.39. The summed E-state index contributed by atoms with van der Waals surface area (Å²) in [6, 6.07) is 9.60. The Morgan fingerprint density at radius 2 is 1.69 bits per heavy atom. The molecular weight excluding hydrogens is 204 g/mol. The second-order valence-corrected chi connectivity index (χ2v) is 3.12. The Morgan fingerprint density at radius 1 is 1.00 bits per heavy atom. The van der Waals surface area contributed by atoms with E-state index < -0.39 is 0 Å². The lowest BCUT2D eigenvalue weighted by atomic mass is 10.3. The van der Waals surface area contributed by atoms with Crippen LogP contribution in [0, 0.1) is 0 Å². The van der Waals surface area contributed by atoms with Crippen LogP contribution in [0.4, 0.5) is 23.0 Å². The fourth-order valence-corrected chi connectivity index (χ4v) is 1.27. The summed E-state index contributed by atoms with van der Waals surface area (Å²) in [5, 5.41) is 3.08. The van der Waals surface area contributed by atoms with Gasteiger partial charge in [-0.3, -0.25) is 0 Å². The third kappa shape index (κ3) is 2.01. The van der Waals surface area contributed by atoms with E-state index >= 15 is 0 Å². The largest absolute Gasteiger partial charge is 0.393 e. The smallest absolute Gasteiger partial charge is 0.168 e. The molecule has 6 N–H and O–H groups in total. The van der Waals surface area contributed by atoms with Crippen LogP contribution >= 0.6 is 0 Å². The number of aromatic nitrogens is 2. The number of nitrogen functional groups attached to an aromatic ring is 2. The highest BCUT2D eigenvalue weighted by molar-refractivity contribution is 5.77. The number of hydrogen-bond donors (Lipinski definition) is 4. The highest BCUT2D eigenvalue weighted by atomic mass is 15.3. The van der Waals surface area contributed by atoms with Crippen molar-refractivity contribution in [3.8, 4) is 0 Å². The van der Waals surface area contributed by atoms with E-state index in [0.717, 1.165) is 5.69 Å². The number of para-hydroxylation sites is 1. The molecule has 0 fully saturated rings. The highest BCUT2D eigenvalue weighted by Gasteiger charge is 2.06. The molecule has 0 amide bonds. The first-order valence-corrected chi connectivity index (χ1v) is 4.70. The van der Waals surface area contributed by atoms with Crippen molar-refractivity contribution in [3.05, 3.63) is 36.7 Å². The maximum atomic E-state index is 5.81. The normalized spacial score (nSPS) is 9.81. The van der Waals surface area contributed by atoms with Gasteiger partial charge in [0.2, 0.25) is 0 Å². The van der Waals surface area contributed by atoms with E-state index in [-0.39, 0.29) is 0 Å². The van der Waals surface area contributed by atoms with Crippen molar-refractivity contribution >= 4 is 23.0 Å². The molecule has 1 aromatic heterocycles. The molecule has 0 aliphatic heterocycles. The summed E-state index contributed by atoms with van der Waals surface area (Å²) in [5.74, 6) is 6.18. The Labute approximate surface area is 92.7 Å². The number of nitrogens with zero attached hydrogens (tertiary/aromatic N) is 2.